The highest BCUT2D eigenvalue weighted by Gasteiger charge is 2.23. The van der Waals surface area contributed by atoms with E-state index in [1.165, 1.54) is 4.90 Å². The van der Waals surface area contributed by atoms with Gasteiger partial charge in [-0.3, -0.25) is 4.90 Å². The lowest BCUT2D eigenvalue weighted by Crippen LogP contribution is -2.46. The molecule has 1 heterocycles. The van der Waals surface area contributed by atoms with Crippen LogP contribution in [0.5, 0.6) is 0 Å². The van der Waals surface area contributed by atoms with E-state index in [1.54, 1.807) is 12.1 Å². The Bertz CT molecular complexity index is 413. The van der Waals surface area contributed by atoms with Gasteiger partial charge in [-0.1, -0.05) is 34.8 Å². The molecule has 1 N–H and O–H groups in total. The van der Waals surface area contributed by atoms with Crippen molar-refractivity contribution in [3.63, 3.8) is 0 Å². The molecule has 16 heavy (non-hydrogen) atoms. The first-order chi connectivity index (χ1) is 7.59. The predicted molar refractivity (Wildman–Crippen MR) is 66.8 cm³/mol. The van der Waals surface area contributed by atoms with Gasteiger partial charge in [-0.25, -0.2) is 4.79 Å². The number of rotatable bonds is 1. The molecule has 1 saturated heterocycles. The number of benzene rings is 1. The summed E-state index contributed by atoms with van der Waals surface area (Å²) in [6.07, 6.45) is 0.862. The lowest BCUT2D eigenvalue weighted by atomic mass is 10.2. The number of hydrogen-bond acceptors (Lipinski definition) is 1. The second-order valence-electron chi connectivity index (χ2n) is 3.46. The van der Waals surface area contributed by atoms with E-state index in [4.69, 9.17) is 34.8 Å². The largest absolute Gasteiger partial charge is 0.338 e. The lowest BCUT2D eigenvalue weighted by molar-refractivity contribution is 0.243. The predicted octanol–water partition coefficient (Wildman–Crippen LogP) is 3.57. The second-order valence-corrected chi connectivity index (χ2v) is 4.71. The zero-order valence-electron chi connectivity index (χ0n) is 8.27. The molecular formula is C10H9Cl3N2O. The van der Waals surface area contributed by atoms with Crippen LogP contribution in [0.4, 0.5) is 10.5 Å². The van der Waals surface area contributed by atoms with Crippen molar-refractivity contribution in [1.82, 2.24) is 5.32 Å². The Labute approximate surface area is 108 Å². The van der Waals surface area contributed by atoms with E-state index in [9.17, 15) is 4.79 Å². The smallest absolute Gasteiger partial charge is 0.321 e. The molecule has 3 nitrogen and oxygen atoms in total. The van der Waals surface area contributed by atoms with Gasteiger partial charge < -0.3 is 5.32 Å². The van der Waals surface area contributed by atoms with Gasteiger partial charge in [0.05, 0.1) is 15.7 Å². The van der Waals surface area contributed by atoms with E-state index in [0.29, 0.717) is 33.8 Å². The normalized spacial score (nSPS) is 16.2. The van der Waals surface area contributed by atoms with Crippen molar-refractivity contribution in [2.24, 2.45) is 0 Å². The summed E-state index contributed by atoms with van der Waals surface area (Å²) in [5.41, 5.74) is 0.518. The van der Waals surface area contributed by atoms with Crippen LogP contribution in [0.25, 0.3) is 0 Å². The van der Waals surface area contributed by atoms with Gasteiger partial charge in [0.2, 0.25) is 0 Å². The van der Waals surface area contributed by atoms with Crippen molar-refractivity contribution in [3.8, 4) is 0 Å². The molecular weight excluding hydrogens is 270 g/mol. The molecule has 1 aliphatic heterocycles. The average molecular weight is 280 g/mol. The maximum absolute atomic E-state index is 11.6. The summed E-state index contributed by atoms with van der Waals surface area (Å²) in [4.78, 5) is 13.2. The first-order valence-electron chi connectivity index (χ1n) is 4.79. The number of amides is 2. The SMILES string of the molecule is O=C1NCCCN1c1c(Cl)cc(Cl)cc1Cl. The summed E-state index contributed by atoms with van der Waals surface area (Å²) in [7, 11) is 0. The maximum atomic E-state index is 11.6. The second kappa shape index (κ2) is 4.70. The fourth-order valence-corrected chi connectivity index (χ4v) is 2.66. The number of carbonyl (C=O) groups is 1. The third-order valence-electron chi connectivity index (χ3n) is 2.33. The number of urea groups is 1. The quantitative estimate of drug-likeness (QED) is 0.837. The molecule has 6 heteroatoms. The van der Waals surface area contributed by atoms with Crippen molar-refractivity contribution in [3.05, 3.63) is 27.2 Å². The van der Waals surface area contributed by atoms with Crippen molar-refractivity contribution in [2.45, 2.75) is 6.42 Å². The van der Waals surface area contributed by atoms with E-state index in [1.807, 2.05) is 0 Å². The third kappa shape index (κ3) is 2.21. The number of nitrogens with one attached hydrogen (secondary N) is 1. The molecule has 1 aliphatic rings. The molecule has 0 aromatic heterocycles. The van der Waals surface area contributed by atoms with E-state index < -0.39 is 0 Å². The van der Waals surface area contributed by atoms with Crippen molar-refractivity contribution >= 4 is 46.5 Å². The Morgan fingerprint density at radius 1 is 1.19 bits per heavy atom. The van der Waals surface area contributed by atoms with Crippen molar-refractivity contribution in [1.29, 1.82) is 0 Å². The molecule has 1 aromatic carbocycles. The highest BCUT2D eigenvalue weighted by atomic mass is 35.5. The van der Waals surface area contributed by atoms with E-state index in [2.05, 4.69) is 5.32 Å². The standard InChI is InChI=1S/C10H9Cl3N2O/c11-6-4-7(12)9(8(13)5-6)15-3-1-2-14-10(15)16/h4-5H,1-3H2,(H,14,16). The molecule has 2 amide bonds. The summed E-state index contributed by atoms with van der Waals surface area (Å²) < 4.78 is 0. The van der Waals surface area contributed by atoms with Crippen LogP contribution in [0.3, 0.4) is 0 Å². The van der Waals surface area contributed by atoms with Gasteiger partial charge in [-0.15, -0.1) is 0 Å². The van der Waals surface area contributed by atoms with Gasteiger partial charge in [0, 0.05) is 18.1 Å². The topological polar surface area (TPSA) is 32.3 Å². The monoisotopic (exact) mass is 278 g/mol. The van der Waals surface area contributed by atoms with Crippen LogP contribution in [-0.4, -0.2) is 19.1 Å². The van der Waals surface area contributed by atoms with Crippen molar-refractivity contribution < 1.29 is 4.79 Å². The first-order valence-corrected chi connectivity index (χ1v) is 5.93. The van der Waals surface area contributed by atoms with E-state index in [-0.39, 0.29) is 6.03 Å². The van der Waals surface area contributed by atoms with Crippen LogP contribution in [0.15, 0.2) is 12.1 Å². The summed E-state index contributed by atoms with van der Waals surface area (Å²) in [5, 5.41) is 3.96. The fourth-order valence-electron chi connectivity index (χ4n) is 1.64. The molecule has 0 unspecified atom stereocenters. The average Bonchev–Trinajstić information content (AvgIpc) is 2.19. The number of hydrogen-bond donors (Lipinski definition) is 1. The van der Waals surface area contributed by atoms with Crippen LogP contribution in [0, 0.1) is 0 Å². The highest BCUT2D eigenvalue weighted by molar-refractivity contribution is 6.42. The minimum Gasteiger partial charge on any atom is -0.338 e. The van der Waals surface area contributed by atoms with Crippen LogP contribution in [0.1, 0.15) is 6.42 Å². The Morgan fingerprint density at radius 2 is 1.81 bits per heavy atom. The van der Waals surface area contributed by atoms with Crippen LogP contribution in [0.2, 0.25) is 15.1 Å². The Hall–Kier alpha value is -0.640. The minimum absolute atomic E-state index is 0.183. The van der Waals surface area contributed by atoms with Gasteiger partial charge in [-0.2, -0.15) is 0 Å². The maximum Gasteiger partial charge on any atom is 0.321 e. The van der Waals surface area contributed by atoms with Crippen LogP contribution < -0.4 is 10.2 Å². The molecule has 1 fully saturated rings. The summed E-state index contributed by atoms with van der Waals surface area (Å²) in [5.74, 6) is 0. The molecule has 0 bridgehead atoms. The Balaban J connectivity index is 2.42. The van der Waals surface area contributed by atoms with Gasteiger partial charge in [0.25, 0.3) is 0 Å². The number of nitrogens with zero attached hydrogens (tertiary/aromatic N) is 1. The van der Waals surface area contributed by atoms with Gasteiger partial charge in [0.1, 0.15) is 0 Å². The number of halogens is 3. The Morgan fingerprint density at radius 3 is 2.38 bits per heavy atom. The molecule has 0 saturated carbocycles. The Kier molecular flexibility index (Phi) is 3.47. The van der Waals surface area contributed by atoms with E-state index in [0.717, 1.165) is 6.42 Å². The molecule has 0 spiro atoms. The van der Waals surface area contributed by atoms with Gasteiger partial charge >= 0.3 is 6.03 Å². The van der Waals surface area contributed by atoms with Crippen LogP contribution in [-0.2, 0) is 0 Å². The molecule has 0 aliphatic carbocycles. The highest BCUT2D eigenvalue weighted by Crippen LogP contribution is 2.37. The lowest BCUT2D eigenvalue weighted by Gasteiger charge is -2.29. The molecule has 86 valence electrons. The van der Waals surface area contributed by atoms with Gasteiger partial charge in [0.15, 0.2) is 0 Å². The molecule has 0 radical (unpaired) electrons. The van der Waals surface area contributed by atoms with E-state index >= 15 is 0 Å². The molecule has 2 rings (SSSR count). The zero-order valence-corrected chi connectivity index (χ0v) is 10.5. The fraction of sp³-hybridized carbons (Fsp3) is 0.300. The molecule has 1 aromatic rings. The summed E-state index contributed by atoms with van der Waals surface area (Å²) in [6.45, 7) is 1.28. The molecule has 0 atom stereocenters. The van der Waals surface area contributed by atoms with Crippen LogP contribution >= 0.6 is 34.8 Å². The number of anilines is 1. The third-order valence-corrected chi connectivity index (χ3v) is 3.13. The summed E-state index contributed by atoms with van der Waals surface area (Å²) in [6, 6.07) is 2.97. The summed E-state index contributed by atoms with van der Waals surface area (Å²) >= 11 is 17.9. The first kappa shape index (κ1) is 11.8. The number of carbonyl (C=O) groups excluding carboxylic acids is 1. The van der Waals surface area contributed by atoms with Gasteiger partial charge in [-0.05, 0) is 18.6 Å². The zero-order chi connectivity index (χ0) is 11.7. The minimum atomic E-state index is -0.183. The van der Waals surface area contributed by atoms with Crippen molar-refractivity contribution in [2.75, 3.05) is 18.0 Å².